The van der Waals surface area contributed by atoms with E-state index in [1.807, 2.05) is 84.4 Å². The molecule has 55 heavy (non-hydrogen) atoms. The fourth-order valence-corrected chi connectivity index (χ4v) is 8.53. The van der Waals surface area contributed by atoms with Crippen LogP contribution in [0.15, 0.2) is 125 Å². The average molecular weight is 804 g/mol. The van der Waals surface area contributed by atoms with Crippen LogP contribution in [0.4, 0.5) is 20.2 Å². The topological polar surface area (TPSA) is 85.0 Å². The molecule has 8 nitrogen and oxygen atoms in total. The Morgan fingerprint density at radius 2 is 1.49 bits per heavy atom. The van der Waals surface area contributed by atoms with Gasteiger partial charge in [-0.3, -0.25) is 9.69 Å². The molecule has 0 saturated carbocycles. The Morgan fingerprint density at radius 1 is 0.855 bits per heavy atom. The van der Waals surface area contributed by atoms with E-state index in [0.29, 0.717) is 23.7 Å². The van der Waals surface area contributed by atoms with Crippen molar-refractivity contribution in [2.45, 2.75) is 28.8 Å². The highest BCUT2D eigenvalue weighted by atomic mass is 35.5. The van der Waals surface area contributed by atoms with Crippen molar-refractivity contribution in [3.05, 3.63) is 143 Å². The molecule has 1 heterocycles. The molecule has 0 aliphatic carbocycles. The monoisotopic (exact) mass is 803 g/mol. The lowest BCUT2D eigenvalue weighted by atomic mass is 9.99. The lowest BCUT2D eigenvalue weighted by molar-refractivity contribution is 0.0981. The normalized spacial score (nSPS) is 14.2. The van der Waals surface area contributed by atoms with E-state index in [2.05, 4.69) is 33.3 Å². The van der Waals surface area contributed by atoms with Gasteiger partial charge in [0, 0.05) is 65.7 Å². The molecule has 1 atom stereocenters. The van der Waals surface area contributed by atoms with Crippen molar-refractivity contribution in [3.8, 4) is 11.1 Å². The molecule has 288 valence electrons. The van der Waals surface area contributed by atoms with Crippen LogP contribution in [0.1, 0.15) is 22.3 Å². The number of halogens is 3. The Balaban J connectivity index is 1.04. The van der Waals surface area contributed by atoms with Gasteiger partial charge in [-0.05, 0) is 104 Å². The number of nitrogens with one attached hydrogen (secondary N) is 2. The van der Waals surface area contributed by atoms with Gasteiger partial charge in [-0.2, -0.15) is 0 Å². The number of thioether (sulfide) groups is 1. The third kappa shape index (κ3) is 10.9. The molecular weight excluding hydrogens is 760 g/mol. The maximum atomic E-state index is 15.4. The first kappa shape index (κ1) is 40.2. The second kappa shape index (κ2) is 18.4. The van der Waals surface area contributed by atoms with Crippen molar-refractivity contribution >= 4 is 50.7 Å². The van der Waals surface area contributed by atoms with E-state index in [1.54, 1.807) is 36.0 Å². The van der Waals surface area contributed by atoms with Gasteiger partial charge in [0.05, 0.1) is 4.90 Å². The minimum absolute atomic E-state index is 0.101. The predicted molar refractivity (Wildman–Crippen MR) is 220 cm³/mol. The molecule has 0 aromatic heterocycles. The number of piperazine rings is 1. The summed E-state index contributed by atoms with van der Waals surface area (Å²) in [5, 5.41) is 3.65. The van der Waals surface area contributed by atoms with Gasteiger partial charge in [-0.15, -0.1) is 11.8 Å². The number of benzene rings is 5. The van der Waals surface area contributed by atoms with E-state index in [0.717, 1.165) is 61.0 Å². The van der Waals surface area contributed by atoms with Crippen molar-refractivity contribution in [1.82, 2.24) is 14.5 Å². The van der Waals surface area contributed by atoms with Crippen molar-refractivity contribution in [2.75, 3.05) is 62.8 Å². The largest absolute Gasteiger partial charge is 0.377 e. The SMILES string of the molecule is CN(C)CC[C@H](CSc1ccccc1)Nc1c(F)cc(S(=O)(=O)NC(=O)c2ccc(N3CCN(Cc4ccccc4-c4ccc(Cl)cc4)CC3)cc2)cc1F. The van der Waals surface area contributed by atoms with Crippen LogP contribution in [0.3, 0.4) is 0 Å². The highest BCUT2D eigenvalue weighted by Crippen LogP contribution is 2.29. The summed E-state index contributed by atoms with van der Waals surface area (Å²) in [6, 6.07) is 33.7. The van der Waals surface area contributed by atoms with Gasteiger partial charge < -0.3 is 15.1 Å². The number of amides is 1. The van der Waals surface area contributed by atoms with Crippen LogP contribution < -0.4 is 14.9 Å². The fourth-order valence-electron chi connectivity index (χ4n) is 6.41. The molecule has 0 bridgehead atoms. The summed E-state index contributed by atoms with van der Waals surface area (Å²) in [6.07, 6.45) is 0.595. The lowest BCUT2D eigenvalue weighted by Crippen LogP contribution is -2.46. The maximum absolute atomic E-state index is 15.4. The van der Waals surface area contributed by atoms with Crippen LogP contribution in [-0.2, 0) is 16.6 Å². The van der Waals surface area contributed by atoms with Crippen LogP contribution >= 0.6 is 23.4 Å². The van der Waals surface area contributed by atoms with E-state index >= 15 is 8.78 Å². The molecule has 1 aliphatic rings. The van der Waals surface area contributed by atoms with Crippen LogP contribution in [0.5, 0.6) is 0 Å². The van der Waals surface area contributed by atoms with Gasteiger partial charge in [0.15, 0.2) is 11.6 Å². The molecule has 13 heteroatoms. The summed E-state index contributed by atoms with van der Waals surface area (Å²) in [6.45, 7) is 4.69. The number of anilines is 2. The standard InChI is InChI=1S/C42H44ClF2N5O3S2/c1-48(2)21-20-34(29-54-36-9-4-3-5-10-36)46-41-39(44)26-37(27-40(41)45)55(52,53)47-42(51)31-14-18-35(19-15-31)50-24-22-49(23-25-50)28-32-8-6-7-11-38(32)30-12-16-33(43)17-13-30/h3-19,26-27,34,46H,20-25,28-29H2,1-2H3,(H,47,51)/t34-/m1/s1. The minimum Gasteiger partial charge on any atom is -0.377 e. The number of carbonyl (C=O) groups excluding carboxylic acids is 1. The van der Waals surface area contributed by atoms with E-state index in [9.17, 15) is 13.2 Å². The molecule has 5 aromatic rings. The number of rotatable bonds is 15. The molecule has 1 saturated heterocycles. The zero-order valence-corrected chi connectivity index (χ0v) is 33.1. The summed E-state index contributed by atoms with van der Waals surface area (Å²) < 4.78 is 59.0. The molecule has 0 unspecified atom stereocenters. The molecule has 5 aromatic carbocycles. The van der Waals surface area contributed by atoms with E-state index in [4.69, 9.17) is 11.6 Å². The minimum atomic E-state index is -4.59. The first-order valence-electron chi connectivity index (χ1n) is 18.0. The van der Waals surface area contributed by atoms with Gasteiger partial charge >= 0.3 is 0 Å². The summed E-state index contributed by atoms with van der Waals surface area (Å²) in [5.41, 5.74) is 4.12. The molecule has 6 rings (SSSR count). The Bertz CT molecular complexity index is 2150. The van der Waals surface area contributed by atoms with Gasteiger partial charge in [0.1, 0.15) is 5.69 Å². The number of sulfonamides is 1. The first-order chi connectivity index (χ1) is 26.4. The quantitative estimate of drug-likeness (QED) is 0.103. The van der Waals surface area contributed by atoms with Crippen molar-refractivity contribution in [3.63, 3.8) is 0 Å². The molecule has 1 amide bonds. The number of nitrogens with zero attached hydrogens (tertiary/aromatic N) is 3. The lowest BCUT2D eigenvalue weighted by Gasteiger charge is -2.36. The Hall–Kier alpha value is -4.46. The third-order valence-electron chi connectivity index (χ3n) is 9.45. The third-order valence-corrected chi connectivity index (χ3v) is 12.2. The smallest absolute Gasteiger partial charge is 0.264 e. The van der Waals surface area contributed by atoms with Crippen LogP contribution in [0.25, 0.3) is 11.1 Å². The van der Waals surface area contributed by atoms with Crippen LogP contribution in [0.2, 0.25) is 5.02 Å². The average Bonchev–Trinajstić information content (AvgIpc) is 3.18. The molecule has 0 radical (unpaired) electrons. The summed E-state index contributed by atoms with van der Waals surface area (Å²) in [7, 11) is -0.759. The highest BCUT2D eigenvalue weighted by molar-refractivity contribution is 7.99. The first-order valence-corrected chi connectivity index (χ1v) is 20.9. The molecular formula is C42H44ClF2N5O3S2. The van der Waals surface area contributed by atoms with E-state index < -0.39 is 38.1 Å². The number of carbonyl (C=O) groups is 1. The zero-order valence-electron chi connectivity index (χ0n) is 30.7. The van der Waals surface area contributed by atoms with Crippen molar-refractivity contribution in [2.24, 2.45) is 0 Å². The number of hydrogen-bond donors (Lipinski definition) is 2. The van der Waals surface area contributed by atoms with Gasteiger partial charge in [-0.25, -0.2) is 21.9 Å². The molecule has 2 N–H and O–H groups in total. The van der Waals surface area contributed by atoms with Crippen LogP contribution in [-0.4, -0.2) is 82.7 Å². The summed E-state index contributed by atoms with van der Waals surface area (Å²) in [4.78, 5) is 20.0. The van der Waals surface area contributed by atoms with Gasteiger partial charge in [-0.1, -0.05) is 66.2 Å². The highest BCUT2D eigenvalue weighted by Gasteiger charge is 2.25. The molecule has 1 aliphatic heterocycles. The predicted octanol–water partition coefficient (Wildman–Crippen LogP) is 8.25. The van der Waals surface area contributed by atoms with E-state index in [-0.39, 0.29) is 11.6 Å². The summed E-state index contributed by atoms with van der Waals surface area (Å²) in [5.74, 6) is -2.51. The maximum Gasteiger partial charge on any atom is 0.264 e. The van der Waals surface area contributed by atoms with Gasteiger partial charge in [0.2, 0.25) is 0 Å². The Morgan fingerprint density at radius 3 is 2.15 bits per heavy atom. The van der Waals surface area contributed by atoms with E-state index in [1.165, 1.54) is 11.1 Å². The second-order valence-electron chi connectivity index (χ2n) is 13.7. The van der Waals surface area contributed by atoms with Crippen molar-refractivity contribution in [1.29, 1.82) is 0 Å². The number of hydrogen-bond acceptors (Lipinski definition) is 8. The zero-order chi connectivity index (χ0) is 39.0. The molecule has 0 spiro atoms. The summed E-state index contributed by atoms with van der Waals surface area (Å²) >= 11 is 7.66. The van der Waals surface area contributed by atoms with Crippen molar-refractivity contribution < 1.29 is 22.0 Å². The van der Waals surface area contributed by atoms with Gasteiger partial charge in [0.25, 0.3) is 15.9 Å². The Labute approximate surface area is 331 Å². The molecule has 1 fully saturated rings. The fraction of sp³-hybridized carbons (Fsp3) is 0.262. The second-order valence-corrected chi connectivity index (χ2v) is 16.9. The van der Waals surface area contributed by atoms with Crippen LogP contribution in [0, 0.1) is 11.6 Å². The Kier molecular flexibility index (Phi) is 13.5.